The number of hydrogen-bond donors (Lipinski definition) is 0. The Bertz CT molecular complexity index is 233. The monoisotopic (exact) mass is 272 g/mol. The molecular weight excluding hydrogens is 244 g/mol. The van der Waals surface area contributed by atoms with E-state index in [2.05, 4.69) is 20.4 Å². The van der Waals surface area contributed by atoms with Gasteiger partial charge in [0.2, 0.25) is 0 Å². The lowest BCUT2D eigenvalue weighted by Gasteiger charge is -2.29. The minimum atomic E-state index is -1.70. The van der Waals surface area contributed by atoms with Crippen LogP contribution < -0.4 is 0 Å². The Labute approximate surface area is 113 Å². The van der Waals surface area contributed by atoms with Crippen LogP contribution in [0.1, 0.15) is 39.5 Å². The first-order valence-corrected chi connectivity index (χ1v) is 9.51. The van der Waals surface area contributed by atoms with E-state index in [4.69, 9.17) is 9.16 Å². The molecule has 0 atom stereocenters. The topological polar surface area (TPSA) is 35.5 Å². The molecule has 0 bridgehead atoms. The molecule has 0 amide bonds. The number of rotatable bonds is 11. The van der Waals surface area contributed by atoms with Crippen LogP contribution in [0.4, 0.5) is 0 Å². The molecule has 0 rings (SSSR count). The van der Waals surface area contributed by atoms with E-state index in [0.717, 1.165) is 6.04 Å². The van der Waals surface area contributed by atoms with Gasteiger partial charge in [0.05, 0.1) is 6.61 Å². The van der Waals surface area contributed by atoms with Gasteiger partial charge in [-0.2, -0.15) is 0 Å². The third-order valence-corrected chi connectivity index (χ3v) is 7.88. The molecular formula is C14H28O3Si. The fourth-order valence-corrected chi connectivity index (χ4v) is 5.91. The quantitative estimate of drug-likeness (QED) is 0.325. The summed E-state index contributed by atoms with van der Waals surface area (Å²) in [6, 6.07) is 3.25. The van der Waals surface area contributed by atoms with Crippen LogP contribution in [0.5, 0.6) is 0 Å². The van der Waals surface area contributed by atoms with E-state index < -0.39 is 8.32 Å². The van der Waals surface area contributed by atoms with E-state index in [9.17, 15) is 4.79 Å². The van der Waals surface area contributed by atoms with Crippen LogP contribution in [0, 0.1) is 0 Å². The Balaban J connectivity index is 4.31. The van der Waals surface area contributed by atoms with Gasteiger partial charge < -0.3 is 9.16 Å². The van der Waals surface area contributed by atoms with Crippen molar-refractivity contribution in [2.45, 2.75) is 57.7 Å². The second-order valence-corrected chi connectivity index (χ2v) is 8.99. The van der Waals surface area contributed by atoms with Gasteiger partial charge in [-0.05, 0) is 12.1 Å². The lowest BCUT2D eigenvalue weighted by atomic mass is 10.4. The van der Waals surface area contributed by atoms with E-state index in [1.54, 1.807) is 0 Å². The van der Waals surface area contributed by atoms with Crippen molar-refractivity contribution in [3.05, 3.63) is 12.7 Å². The van der Waals surface area contributed by atoms with Gasteiger partial charge in [-0.3, -0.25) is 0 Å². The van der Waals surface area contributed by atoms with Crippen LogP contribution in [-0.4, -0.2) is 28.0 Å². The van der Waals surface area contributed by atoms with Crippen LogP contribution in [-0.2, 0) is 14.0 Å². The maximum Gasteiger partial charge on any atom is 0.330 e. The summed E-state index contributed by atoms with van der Waals surface area (Å²) in [4.78, 5) is 11.0. The second kappa shape index (κ2) is 10.3. The standard InChI is InChI=1S/C14H28O3Si/c1-5-8-11-18(16-4,12-9-6-2)13-10-17-14(15)7-3/h7H,3,5-6,8-13H2,1-2,4H3. The summed E-state index contributed by atoms with van der Waals surface area (Å²) in [5.74, 6) is -0.333. The zero-order valence-corrected chi connectivity index (χ0v) is 13.2. The molecule has 0 fully saturated rings. The highest BCUT2D eigenvalue weighted by molar-refractivity contribution is 6.73. The Morgan fingerprint density at radius 1 is 1.17 bits per heavy atom. The fourth-order valence-electron chi connectivity index (χ4n) is 2.08. The average molecular weight is 272 g/mol. The Morgan fingerprint density at radius 3 is 2.11 bits per heavy atom. The molecule has 0 saturated heterocycles. The predicted molar refractivity (Wildman–Crippen MR) is 78.2 cm³/mol. The molecule has 0 aliphatic carbocycles. The predicted octanol–water partition coefficient (Wildman–Crippen LogP) is 3.91. The minimum Gasteiger partial charge on any atom is -0.463 e. The highest BCUT2D eigenvalue weighted by Gasteiger charge is 2.32. The van der Waals surface area contributed by atoms with E-state index in [-0.39, 0.29) is 5.97 Å². The summed E-state index contributed by atoms with van der Waals surface area (Å²) in [5.41, 5.74) is 0. The summed E-state index contributed by atoms with van der Waals surface area (Å²) in [5, 5.41) is 0. The molecule has 0 unspecified atom stereocenters. The van der Waals surface area contributed by atoms with E-state index in [0.29, 0.717) is 6.61 Å². The lowest BCUT2D eigenvalue weighted by Crippen LogP contribution is -2.38. The van der Waals surface area contributed by atoms with Crippen LogP contribution >= 0.6 is 0 Å². The molecule has 18 heavy (non-hydrogen) atoms. The highest BCUT2D eigenvalue weighted by atomic mass is 28.4. The normalized spacial score (nSPS) is 11.3. The van der Waals surface area contributed by atoms with Crippen molar-refractivity contribution in [1.82, 2.24) is 0 Å². The molecule has 0 aromatic rings. The number of carbonyl (C=O) groups is 1. The first kappa shape index (κ1) is 17.4. The van der Waals surface area contributed by atoms with E-state index >= 15 is 0 Å². The summed E-state index contributed by atoms with van der Waals surface area (Å²) in [7, 11) is 0.124. The molecule has 0 aliphatic rings. The van der Waals surface area contributed by atoms with Crippen LogP contribution in [0.3, 0.4) is 0 Å². The first-order valence-electron chi connectivity index (χ1n) is 6.98. The molecule has 0 spiro atoms. The maximum atomic E-state index is 11.0. The molecule has 0 saturated carbocycles. The lowest BCUT2D eigenvalue weighted by molar-refractivity contribution is -0.137. The largest absolute Gasteiger partial charge is 0.463 e. The van der Waals surface area contributed by atoms with Gasteiger partial charge in [0, 0.05) is 19.2 Å². The number of carbonyl (C=O) groups excluding carboxylic acids is 1. The molecule has 0 aromatic heterocycles. The van der Waals surface area contributed by atoms with Crippen molar-refractivity contribution >= 4 is 14.3 Å². The van der Waals surface area contributed by atoms with E-state index in [1.807, 2.05) is 7.11 Å². The average Bonchev–Trinajstić information content (AvgIpc) is 2.41. The number of esters is 1. The van der Waals surface area contributed by atoms with Crippen molar-refractivity contribution in [3.8, 4) is 0 Å². The minimum absolute atomic E-state index is 0.333. The van der Waals surface area contributed by atoms with Crippen LogP contribution in [0.2, 0.25) is 18.1 Å². The number of ether oxygens (including phenoxy) is 1. The van der Waals surface area contributed by atoms with Gasteiger partial charge in [0.1, 0.15) is 0 Å². The molecule has 106 valence electrons. The smallest absolute Gasteiger partial charge is 0.330 e. The van der Waals surface area contributed by atoms with Crippen molar-refractivity contribution in [2.75, 3.05) is 13.7 Å². The van der Waals surface area contributed by atoms with Gasteiger partial charge in [0.15, 0.2) is 8.32 Å². The molecule has 0 radical (unpaired) electrons. The van der Waals surface area contributed by atoms with Gasteiger partial charge in [-0.15, -0.1) is 0 Å². The SMILES string of the molecule is C=CC(=O)OCC[Si](CCCC)(CCCC)OC. The second-order valence-electron chi connectivity index (χ2n) is 4.72. The molecule has 0 N–H and O–H groups in total. The number of unbranched alkanes of at least 4 members (excludes halogenated alkanes) is 2. The van der Waals surface area contributed by atoms with E-state index in [1.165, 1.54) is 43.8 Å². The Kier molecular flexibility index (Phi) is 9.97. The molecule has 4 heteroatoms. The van der Waals surface area contributed by atoms with Crippen molar-refractivity contribution in [2.24, 2.45) is 0 Å². The summed E-state index contributed by atoms with van der Waals surface area (Å²) < 4.78 is 11.0. The Hall–Kier alpha value is -0.613. The summed E-state index contributed by atoms with van der Waals surface area (Å²) in [6.07, 6.45) is 6.01. The Morgan fingerprint density at radius 2 is 1.72 bits per heavy atom. The summed E-state index contributed by atoms with van der Waals surface area (Å²) >= 11 is 0. The zero-order valence-electron chi connectivity index (χ0n) is 12.2. The number of hydrogen-bond acceptors (Lipinski definition) is 3. The van der Waals surface area contributed by atoms with Gasteiger partial charge in [-0.25, -0.2) is 4.79 Å². The molecule has 0 aromatic carbocycles. The fraction of sp³-hybridized carbons (Fsp3) is 0.786. The molecule has 3 nitrogen and oxygen atoms in total. The maximum absolute atomic E-state index is 11.0. The van der Waals surface area contributed by atoms with Crippen molar-refractivity contribution < 1.29 is 14.0 Å². The van der Waals surface area contributed by atoms with Gasteiger partial charge in [0.25, 0.3) is 0 Å². The zero-order chi connectivity index (χ0) is 13.9. The van der Waals surface area contributed by atoms with Crippen molar-refractivity contribution in [3.63, 3.8) is 0 Å². The first-order chi connectivity index (χ1) is 8.64. The molecule has 0 aliphatic heterocycles. The van der Waals surface area contributed by atoms with Gasteiger partial charge in [-0.1, -0.05) is 46.1 Å². The third-order valence-electron chi connectivity index (χ3n) is 3.37. The van der Waals surface area contributed by atoms with Crippen LogP contribution in [0.15, 0.2) is 12.7 Å². The highest BCUT2D eigenvalue weighted by Crippen LogP contribution is 2.26. The van der Waals surface area contributed by atoms with Crippen LogP contribution in [0.25, 0.3) is 0 Å². The van der Waals surface area contributed by atoms with Gasteiger partial charge >= 0.3 is 5.97 Å². The molecule has 0 heterocycles. The van der Waals surface area contributed by atoms with Crippen molar-refractivity contribution in [1.29, 1.82) is 0 Å². The third kappa shape index (κ3) is 6.96. The summed E-state index contributed by atoms with van der Waals surface area (Å²) in [6.45, 7) is 8.27.